The van der Waals surface area contributed by atoms with Crippen LogP contribution in [0.25, 0.3) is 0 Å². The fourth-order valence-corrected chi connectivity index (χ4v) is 2.81. The van der Waals surface area contributed by atoms with Crippen molar-refractivity contribution in [1.82, 2.24) is 0 Å². The van der Waals surface area contributed by atoms with Gasteiger partial charge in [0, 0.05) is 24.0 Å². The molecule has 0 N–H and O–H groups in total. The topological polar surface area (TPSA) is 46.6 Å². The van der Waals surface area contributed by atoms with Crippen LogP contribution in [0, 0.1) is 5.92 Å². The average molecular weight is 361 g/mol. The number of halogens is 2. The van der Waals surface area contributed by atoms with Crippen molar-refractivity contribution in [2.24, 2.45) is 5.92 Å². The van der Waals surface area contributed by atoms with Crippen molar-refractivity contribution in [2.75, 3.05) is 23.4 Å². The van der Waals surface area contributed by atoms with Gasteiger partial charge in [-0.1, -0.05) is 27.5 Å². The third-order valence-electron chi connectivity index (χ3n) is 3.18. The largest absolute Gasteiger partial charge is 0.462 e. The van der Waals surface area contributed by atoms with E-state index < -0.39 is 5.97 Å². The number of carbonyl (C=O) groups is 2. The number of hydrogen-bond donors (Lipinski definition) is 0. The first-order valence-electron chi connectivity index (χ1n) is 6.39. The van der Waals surface area contributed by atoms with Crippen molar-refractivity contribution < 1.29 is 14.3 Å². The fraction of sp³-hybridized carbons (Fsp3) is 0.429. The predicted molar refractivity (Wildman–Crippen MR) is 81.7 cm³/mol. The number of rotatable bonds is 4. The van der Waals surface area contributed by atoms with Crippen LogP contribution in [-0.2, 0) is 9.53 Å². The Balaban J connectivity index is 2.28. The van der Waals surface area contributed by atoms with Crippen molar-refractivity contribution in [3.8, 4) is 0 Å². The zero-order chi connectivity index (χ0) is 14.7. The molecule has 1 aromatic rings. The minimum absolute atomic E-state index is 0.0616. The van der Waals surface area contributed by atoms with Crippen molar-refractivity contribution >= 4 is 45.1 Å². The molecule has 1 heterocycles. The van der Waals surface area contributed by atoms with Gasteiger partial charge in [-0.2, -0.15) is 0 Å². The maximum atomic E-state index is 12.0. The van der Waals surface area contributed by atoms with Crippen LogP contribution in [0.3, 0.4) is 0 Å². The van der Waals surface area contributed by atoms with E-state index in [0.717, 1.165) is 5.33 Å². The van der Waals surface area contributed by atoms with Gasteiger partial charge in [-0.15, -0.1) is 0 Å². The van der Waals surface area contributed by atoms with Gasteiger partial charge in [0.2, 0.25) is 5.91 Å². The molecular formula is C14H15BrClNO3. The second-order valence-electron chi connectivity index (χ2n) is 4.61. The first kappa shape index (κ1) is 15.3. The molecule has 0 aliphatic carbocycles. The van der Waals surface area contributed by atoms with Crippen LogP contribution in [0.1, 0.15) is 23.7 Å². The van der Waals surface area contributed by atoms with Crippen LogP contribution in [0.4, 0.5) is 5.69 Å². The summed E-state index contributed by atoms with van der Waals surface area (Å²) >= 11 is 9.41. The second kappa shape index (κ2) is 6.59. The van der Waals surface area contributed by atoms with Crippen molar-refractivity contribution in [3.05, 3.63) is 28.8 Å². The van der Waals surface area contributed by atoms with Gasteiger partial charge in [0.05, 0.1) is 17.2 Å². The summed E-state index contributed by atoms with van der Waals surface area (Å²) in [5.41, 5.74) is 0.979. The lowest BCUT2D eigenvalue weighted by Gasteiger charge is -2.17. The van der Waals surface area contributed by atoms with Gasteiger partial charge in [0.25, 0.3) is 0 Å². The molecule has 0 bridgehead atoms. The Morgan fingerprint density at radius 1 is 1.55 bits per heavy atom. The molecule has 4 nitrogen and oxygen atoms in total. The molecule has 1 aliphatic heterocycles. The van der Waals surface area contributed by atoms with Crippen molar-refractivity contribution in [2.45, 2.75) is 13.3 Å². The summed E-state index contributed by atoms with van der Waals surface area (Å²) in [7, 11) is 0. The molecule has 20 heavy (non-hydrogen) atoms. The standard InChI is InChI=1S/C14H15BrClNO3/c1-2-20-14(19)11-6-10(3-4-12(11)16)17-8-9(7-15)5-13(17)18/h3-4,6,9H,2,5,7-8H2,1H3. The number of hydrogen-bond acceptors (Lipinski definition) is 3. The molecule has 0 radical (unpaired) electrons. The molecule has 1 aromatic carbocycles. The summed E-state index contributed by atoms with van der Waals surface area (Å²) in [4.78, 5) is 25.5. The van der Waals surface area contributed by atoms with Crippen molar-refractivity contribution in [3.63, 3.8) is 0 Å². The molecule has 1 unspecified atom stereocenters. The monoisotopic (exact) mass is 359 g/mol. The third-order valence-corrected chi connectivity index (χ3v) is 4.43. The molecule has 1 fully saturated rings. The van der Waals surface area contributed by atoms with Crippen LogP contribution in [0.15, 0.2) is 18.2 Å². The molecule has 1 aliphatic rings. The van der Waals surface area contributed by atoms with E-state index in [9.17, 15) is 9.59 Å². The SMILES string of the molecule is CCOC(=O)c1cc(N2CC(CBr)CC2=O)ccc1Cl. The maximum Gasteiger partial charge on any atom is 0.339 e. The van der Waals surface area contributed by atoms with Gasteiger partial charge in [0.15, 0.2) is 0 Å². The average Bonchev–Trinajstić information content (AvgIpc) is 2.81. The van der Waals surface area contributed by atoms with Gasteiger partial charge in [-0.3, -0.25) is 4.79 Å². The molecule has 6 heteroatoms. The Labute approximate surface area is 131 Å². The second-order valence-corrected chi connectivity index (χ2v) is 5.67. The lowest BCUT2D eigenvalue weighted by Crippen LogP contribution is -2.25. The number of carbonyl (C=O) groups excluding carboxylic acids is 2. The molecule has 0 spiro atoms. The summed E-state index contributed by atoms with van der Waals surface area (Å²) in [5, 5.41) is 1.11. The fourth-order valence-electron chi connectivity index (χ4n) is 2.18. The van der Waals surface area contributed by atoms with Crippen LogP contribution in [0.2, 0.25) is 5.02 Å². The van der Waals surface area contributed by atoms with Gasteiger partial charge in [0.1, 0.15) is 0 Å². The van der Waals surface area contributed by atoms with Crippen LogP contribution < -0.4 is 4.90 Å². The quantitative estimate of drug-likeness (QED) is 0.611. The van der Waals surface area contributed by atoms with Gasteiger partial charge in [-0.05, 0) is 31.0 Å². The zero-order valence-electron chi connectivity index (χ0n) is 11.1. The normalized spacial score (nSPS) is 18.4. The van der Waals surface area contributed by atoms with E-state index in [1.165, 1.54) is 0 Å². The highest BCUT2D eigenvalue weighted by atomic mass is 79.9. The Morgan fingerprint density at radius 2 is 2.30 bits per heavy atom. The Bertz CT molecular complexity index is 535. The summed E-state index contributed by atoms with van der Waals surface area (Å²) in [6.45, 7) is 2.67. The summed E-state index contributed by atoms with van der Waals surface area (Å²) in [5.74, 6) is -0.112. The third kappa shape index (κ3) is 3.15. The van der Waals surface area contributed by atoms with E-state index in [2.05, 4.69) is 15.9 Å². The molecule has 1 amide bonds. The highest BCUT2D eigenvalue weighted by Crippen LogP contribution is 2.29. The van der Waals surface area contributed by atoms with Crippen LogP contribution in [-0.4, -0.2) is 30.4 Å². The Hall–Kier alpha value is -1.07. The molecule has 1 atom stereocenters. The highest BCUT2D eigenvalue weighted by molar-refractivity contribution is 9.09. The number of alkyl halides is 1. The number of amides is 1. The zero-order valence-corrected chi connectivity index (χ0v) is 13.4. The smallest absolute Gasteiger partial charge is 0.339 e. The summed E-state index contributed by atoms with van der Waals surface area (Å²) < 4.78 is 4.96. The molecule has 1 saturated heterocycles. The van der Waals surface area contributed by atoms with Gasteiger partial charge >= 0.3 is 5.97 Å². The number of nitrogens with zero attached hydrogens (tertiary/aromatic N) is 1. The van der Waals surface area contributed by atoms with Crippen molar-refractivity contribution in [1.29, 1.82) is 0 Å². The minimum atomic E-state index is -0.469. The van der Waals surface area contributed by atoms with Crippen LogP contribution >= 0.6 is 27.5 Å². The number of anilines is 1. The highest BCUT2D eigenvalue weighted by Gasteiger charge is 2.30. The van der Waals surface area contributed by atoms with E-state index in [0.29, 0.717) is 35.2 Å². The Kier molecular flexibility index (Phi) is 5.05. The molecule has 108 valence electrons. The van der Waals surface area contributed by atoms with Crippen LogP contribution in [0.5, 0.6) is 0 Å². The first-order chi connectivity index (χ1) is 9.56. The summed E-state index contributed by atoms with van der Waals surface area (Å²) in [6.07, 6.45) is 0.516. The number of esters is 1. The predicted octanol–water partition coefficient (Wildman–Crippen LogP) is 3.26. The van der Waals surface area contributed by atoms with E-state index in [4.69, 9.17) is 16.3 Å². The van der Waals surface area contributed by atoms with E-state index in [-0.39, 0.29) is 12.5 Å². The lowest BCUT2D eigenvalue weighted by molar-refractivity contribution is -0.117. The molecule has 0 saturated carbocycles. The lowest BCUT2D eigenvalue weighted by atomic mass is 10.1. The molecule has 2 rings (SSSR count). The van der Waals surface area contributed by atoms with E-state index >= 15 is 0 Å². The molecular weight excluding hydrogens is 346 g/mol. The maximum absolute atomic E-state index is 12.0. The van der Waals surface area contributed by atoms with E-state index in [1.54, 1.807) is 30.0 Å². The summed E-state index contributed by atoms with van der Waals surface area (Å²) in [6, 6.07) is 4.99. The Morgan fingerprint density at radius 3 is 2.90 bits per heavy atom. The van der Waals surface area contributed by atoms with Gasteiger partial charge < -0.3 is 9.64 Å². The number of ether oxygens (including phenoxy) is 1. The minimum Gasteiger partial charge on any atom is -0.462 e. The first-order valence-corrected chi connectivity index (χ1v) is 7.89. The number of benzene rings is 1. The van der Waals surface area contributed by atoms with E-state index in [1.807, 2.05) is 0 Å². The molecule has 0 aromatic heterocycles. The van der Waals surface area contributed by atoms with Gasteiger partial charge in [-0.25, -0.2) is 4.79 Å².